The first kappa shape index (κ1) is 12.3. The molecule has 0 aliphatic rings. The average Bonchev–Trinajstić information content (AvgIpc) is 2.64. The maximum absolute atomic E-state index is 5.27. The molecule has 0 aromatic carbocycles. The van der Waals surface area contributed by atoms with Gasteiger partial charge in [0.25, 0.3) is 0 Å². The average molecular weight is 221 g/mol. The van der Waals surface area contributed by atoms with Gasteiger partial charge in [-0.3, -0.25) is 0 Å². The Morgan fingerprint density at radius 3 is 2.87 bits per heavy atom. The van der Waals surface area contributed by atoms with Crippen LogP contribution in [-0.4, -0.2) is 6.54 Å². The van der Waals surface area contributed by atoms with Crippen LogP contribution in [0.25, 0.3) is 0 Å². The monoisotopic (exact) mass is 221 g/mol. The quantitative estimate of drug-likeness (QED) is 0.572. The minimum Gasteiger partial charge on any atom is -0.310 e. The van der Waals surface area contributed by atoms with Gasteiger partial charge in [-0.05, 0) is 48.2 Å². The lowest BCUT2D eigenvalue weighted by atomic mass is 10.0. The highest BCUT2D eigenvalue weighted by Crippen LogP contribution is 2.25. The van der Waals surface area contributed by atoms with Crippen molar-refractivity contribution in [1.82, 2.24) is 5.32 Å². The second-order valence-electron chi connectivity index (χ2n) is 3.72. The van der Waals surface area contributed by atoms with Gasteiger partial charge < -0.3 is 5.32 Å². The summed E-state index contributed by atoms with van der Waals surface area (Å²) in [6.45, 7) is 5.34. The lowest BCUT2D eigenvalue weighted by Crippen LogP contribution is -2.20. The van der Waals surface area contributed by atoms with Crippen molar-refractivity contribution >= 4 is 11.3 Å². The fourth-order valence-electron chi connectivity index (χ4n) is 1.75. The molecule has 1 heterocycles. The van der Waals surface area contributed by atoms with Crippen LogP contribution in [0.15, 0.2) is 10.8 Å². The first-order valence-corrected chi connectivity index (χ1v) is 6.43. The molecule has 2 heteroatoms. The van der Waals surface area contributed by atoms with Crippen LogP contribution in [0.2, 0.25) is 0 Å². The van der Waals surface area contributed by atoms with Crippen molar-refractivity contribution in [3.63, 3.8) is 0 Å². The van der Waals surface area contributed by atoms with Crippen LogP contribution >= 0.6 is 11.3 Å². The van der Waals surface area contributed by atoms with Crippen LogP contribution in [0.4, 0.5) is 0 Å². The van der Waals surface area contributed by atoms with E-state index in [4.69, 9.17) is 6.42 Å². The van der Waals surface area contributed by atoms with E-state index in [1.54, 1.807) is 11.3 Å². The predicted molar refractivity (Wildman–Crippen MR) is 68.2 cm³/mol. The van der Waals surface area contributed by atoms with Crippen molar-refractivity contribution in [2.24, 2.45) is 0 Å². The molecule has 0 spiro atoms. The fraction of sp³-hybridized carbons (Fsp3) is 0.538. The molecule has 1 nitrogen and oxygen atoms in total. The Balaban J connectivity index is 2.58. The van der Waals surface area contributed by atoms with Gasteiger partial charge in [-0.15, -0.1) is 12.3 Å². The SMILES string of the molecule is C#CCCCC(NCC)c1cscc1C. The summed E-state index contributed by atoms with van der Waals surface area (Å²) >= 11 is 1.78. The molecule has 0 bridgehead atoms. The molecule has 0 aliphatic heterocycles. The van der Waals surface area contributed by atoms with Gasteiger partial charge in [0, 0.05) is 12.5 Å². The van der Waals surface area contributed by atoms with Crippen LogP contribution in [0.3, 0.4) is 0 Å². The molecule has 1 atom stereocenters. The van der Waals surface area contributed by atoms with Gasteiger partial charge in [0.05, 0.1) is 0 Å². The Kier molecular flexibility index (Phi) is 5.45. The van der Waals surface area contributed by atoms with Gasteiger partial charge in [-0.2, -0.15) is 11.3 Å². The highest BCUT2D eigenvalue weighted by atomic mass is 32.1. The summed E-state index contributed by atoms with van der Waals surface area (Å²) in [7, 11) is 0. The largest absolute Gasteiger partial charge is 0.310 e. The summed E-state index contributed by atoms with van der Waals surface area (Å²) in [6, 6.07) is 0.481. The Bertz CT molecular complexity index is 322. The molecule has 1 aromatic heterocycles. The summed E-state index contributed by atoms with van der Waals surface area (Å²) in [5.41, 5.74) is 2.84. The fourth-order valence-corrected chi connectivity index (χ4v) is 2.65. The molecule has 1 N–H and O–H groups in total. The molecule has 0 saturated heterocycles. The Labute approximate surface area is 96.9 Å². The van der Waals surface area contributed by atoms with Crippen molar-refractivity contribution in [3.8, 4) is 12.3 Å². The van der Waals surface area contributed by atoms with Gasteiger partial charge in [-0.1, -0.05) is 6.92 Å². The summed E-state index contributed by atoms with van der Waals surface area (Å²) in [5, 5.41) is 7.98. The number of terminal acetylenes is 1. The van der Waals surface area contributed by atoms with E-state index in [2.05, 4.69) is 35.8 Å². The molecule has 0 fully saturated rings. The van der Waals surface area contributed by atoms with Crippen LogP contribution < -0.4 is 5.32 Å². The van der Waals surface area contributed by atoms with Gasteiger partial charge >= 0.3 is 0 Å². The smallest absolute Gasteiger partial charge is 0.0331 e. The van der Waals surface area contributed by atoms with E-state index in [-0.39, 0.29) is 0 Å². The Morgan fingerprint density at radius 2 is 2.33 bits per heavy atom. The molecule has 1 aromatic rings. The zero-order valence-corrected chi connectivity index (χ0v) is 10.4. The summed E-state index contributed by atoms with van der Waals surface area (Å²) in [4.78, 5) is 0. The number of hydrogen-bond acceptors (Lipinski definition) is 2. The van der Waals surface area contributed by atoms with E-state index in [1.807, 2.05) is 0 Å². The van der Waals surface area contributed by atoms with Gasteiger partial charge in [0.15, 0.2) is 0 Å². The van der Waals surface area contributed by atoms with Gasteiger partial charge in [-0.25, -0.2) is 0 Å². The Hall–Kier alpha value is -0.780. The van der Waals surface area contributed by atoms with Crippen LogP contribution in [0, 0.1) is 19.3 Å². The van der Waals surface area contributed by atoms with Crippen molar-refractivity contribution < 1.29 is 0 Å². The molecule has 15 heavy (non-hydrogen) atoms. The topological polar surface area (TPSA) is 12.0 Å². The summed E-state index contributed by atoms with van der Waals surface area (Å²) in [6.07, 6.45) is 8.38. The van der Waals surface area contributed by atoms with E-state index in [9.17, 15) is 0 Å². The molecule has 82 valence electrons. The third-order valence-electron chi connectivity index (χ3n) is 2.54. The maximum atomic E-state index is 5.27. The second kappa shape index (κ2) is 6.66. The minimum absolute atomic E-state index is 0.481. The van der Waals surface area contributed by atoms with Crippen molar-refractivity contribution in [3.05, 3.63) is 21.9 Å². The predicted octanol–water partition coefficient (Wildman–Crippen LogP) is 3.51. The van der Waals surface area contributed by atoms with Crippen molar-refractivity contribution in [2.75, 3.05) is 6.54 Å². The first-order valence-electron chi connectivity index (χ1n) is 5.49. The minimum atomic E-state index is 0.481. The molecular formula is C13H19NS. The molecule has 1 rings (SSSR count). The molecular weight excluding hydrogens is 202 g/mol. The molecule has 0 amide bonds. The number of hydrogen-bond donors (Lipinski definition) is 1. The molecule has 1 unspecified atom stereocenters. The number of unbranched alkanes of at least 4 members (excludes halogenated alkanes) is 1. The van der Waals surface area contributed by atoms with Crippen LogP contribution in [0.1, 0.15) is 43.4 Å². The van der Waals surface area contributed by atoms with E-state index in [0.717, 1.165) is 25.8 Å². The zero-order chi connectivity index (χ0) is 11.1. The standard InChI is InChI=1S/C13H19NS/c1-4-6-7-8-13(14-5-2)12-10-15-9-11(12)3/h1,9-10,13-14H,5-8H2,2-3H3. The van der Waals surface area contributed by atoms with E-state index >= 15 is 0 Å². The third kappa shape index (κ3) is 3.70. The second-order valence-corrected chi connectivity index (χ2v) is 4.46. The van der Waals surface area contributed by atoms with E-state index in [0.29, 0.717) is 6.04 Å². The number of thiophene rings is 1. The van der Waals surface area contributed by atoms with Crippen molar-refractivity contribution in [2.45, 2.75) is 39.2 Å². The summed E-state index contributed by atoms with van der Waals surface area (Å²) < 4.78 is 0. The van der Waals surface area contributed by atoms with Gasteiger partial charge in [0.2, 0.25) is 0 Å². The highest BCUT2D eigenvalue weighted by molar-refractivity contribution is 7.08. The number of aryl methyl sites for hydroxylation is 1. The molecule has 0 radical (unpaired) electrons. The van der Waals surface area contributed by atoms with E-state index in [1.165, 1.54) is 11.1 Å². The van der Waals surface area contributed by atoms with Crippen molar-refractivity contribution in [1.29, 1.82) is 0 Å². The van der Waals surface area contributed by atoms with E-state index < -0.39 is 0 Å². The highest BCUT2D eigenvalue weighted by Gasteiger charge is 2.12. The Morgan fingerprint density at radius 1 is 1.53 bits per heavy atom. The molecule has 0 aliphatic carbocycles. The lowest BCUT2D eigenvalue weighted by molar-refractivity contribution is 0.501. The maximum Gasteiger partial charge on any atom is 0.0331 e. The number of nitrogens with one attached hydrogen (secondary N) is 1. The lowest BCUT2D eigenvalue weighted by Gasteiger charge is -2.17. The van der Waals surface area contributed by atoms with Gasteiger partial charge in [0.1, 0.15) is 0 Å². The molecule has 0 saturated carbocycles. The first-order chi connectivity index (χ1) is 7.29. The van der Waals surface area contributed by atoms with Crippen LogP contribution in [0.5, 0.6) is 0 Å². The third-order valence-corrected chi connectivity index (χ3v) is 3.41. The van der Waals surface area contributed by atoms with Crippen LogP contribution in [-0.2, 0) is 0 Å². The zero-order valence-electron chi connectivity index (χ0n) is 9.55. The number of rotatable bonds is 6. The summed E-state index contributed by atoms with van der Waals surface area (Å²) in [5.74, 6) is 2.70. The normalized spacial score (nSPS) is 12.3.